The van der Waals surface area contributed by atoms with Crippen molar-refractivity contribution in [1.29, 1.82) is 0 Å². The van der Waals surface area contributed by atoms with Crippen molar-refractivity contribution in [2.45, 2.75) is 25.8 Å². The summed E-state index contributed by atoms with van der Waals surface area (Å²) < 4.78 is 18.9. The summed E-state index contributed by atoms with van der Waals surface area (Å²) in [5.41, 5.74) is 3.53. The highest BCUT2D eigenvalue weighted by Gasteiger charge is 2.35. The molecule has 1 saturated carbocycles. The van der Waals surface area contributed by atoms with Gasteiger partial charge in [0.25, 0.3) is 0 Å². The number of fused-ring (bicyclic) bond motifs is 1. The van der Waals surface area contributed by atoms with Crippen molar-refractivity contribution in [1.82, 2.24) is 5.43 Å². The summed E-state index contributed by atoms with van der Waals surface area (Å²) in [5, 5.41) is 0.785. The molecular weight excluding hydrogens is 231 g/mol. The first-order valence-corrected chi connectivity index (χ1v) is 6.34. The Hall–Kier alpha value is -1.39. The van der Waals surface area contributed by atoms with Crippen LogP contribution in [-0.4, -0.2) is 0 Å². The van der Waals surface area contributed by atoms with Crippen molar-refractivity contribution >= 4 is 11.0 Å². The average Bonchev–Trinajstić information content (AvgIpc) is 3.11. The third-order valence-corrected chi connectivity index (χ3v) is 3.87. The number of rotatable bonds is 4. The Morgan fingerprint density at radius 2 is 2.17 bits per heavy atom. The Morgan fingerprint density at radius 3 is 2.83 bits per heavy atom. The summed E-state index contributed by atoms with van der Waals surface area (Å²) in [7, 11) is 0. The molecule has 0 spiro atoms. The van der Waals surface area contributed by atoms with E-state index in [1.54, 1.807) is 6.07 Å². The molecule has 1 aliphatic rings. The lowest BCUT2D eigenvalue weighted by atomic mass is 9.95. The van der Waals surface area contributed by atoms with Gasteiger partial charge in [0.2, 0.25) is 0 Å². The van der Waals surface area contributed by atoms with E-state index in [1.807, 2.05) is 6.07 Å². The fourth-order valence-corrected chi connectivity index (χ4v) is 2.58. The fourth-order valence-electron chi connectivity index (χ4n) is 2.58. The molecule has 2 atom stereocenters. The minimum absolute atomic E-state index is 0.00652. The van der Waals surface area contributed by atoms with Gasteiger partial charge in [0.05, 0.1) is 6.04 Å². The van der Waals surface area contributed by atoms with Gasteiger partial charge in [0.15, 0.2) is 0 Å². The fraction of sp³-hybridized carbons (Fsp3) is 0.429. The Balaban J connectivity index is 1.96. The molecule has 96 valence electrons. The number of hydrogen-bond donors (Lipinski definition) is 2. The maximum Gasteiger partial charge on any atom is 0.134 e. The van der Waals surface area contributed by atoms with Crippen LogP contribution in [-0.2, 0) is 0 Å². The molecule has 3 rings (SSSR count). The third-order valence-electron chi connectivity index (χ3n) is 3.87. The van der Waals surface area contributed by atoms with E-state index in [2.05, 4.69) is 12.3 Å². The van der Waals surface area contributed by atoms with Gasteiger partial charge in [0, 0.05) is 5.39 Å². The standard InChI is InChI=1S/C14H17FN2O/c1-8(9-2-3-9)14(17-16)13-7-10-6-11(15)4-5-12(10)18-13/h4-9,14,17H,2-3,16H2,1H3. The van der Waals surface area contributed by atoms with Gasteiger partial charge < -0.3 is 4.42 Å². The number of nitrogens with two attached hydrogens (primary N) is 1. The zero-order chi connectivity index (χ0) is 12.7. The summed E-state index contributed by atoms with van der Waals surface area (Å²) in [4.78, 5) is 0. The highest BCUT2D eigenvalue weighted by atomic mass is 19.1. The van der Waals surface area contributed by atoms with Crippen molar-refractivity contribution in [3.8, 4) is 0 Å². The van der Waals surface area contributed by atoms with Crippen LogP contribution in [0.4, 0.5) is 4.39 Å². The van der Waals surface area contributed by atoms with E-state index in [1.165, 1.54) is 25.0 Å². The molecule has 0 radical (unpaired) electrons. The predicted octanol–water partition coefficient (Wildman–Crippen LogP) is 3.12. The SMILES string of the molecule is CC(C1CC1)C(NN)c1cc2cc(F)ccc2o1. The zero-order valence-electron chi connectivity index (χ0n) is 10.3. The van der Waals surface area contributed by atoms with Crippen LogP contribution in [0.15, 0.2) is 28.7 Å². The predicted molar refractivity (Wildman–Crippen MR) is 68.1 cm³/mol. The van der Waals surface area contributed by atoms with Crippen LogP contribution in [0.2, 0.25) is 0 Å². The van der Waals surface area contributed by atoms with Crippen molar-refractivity contribution < 1.29 is 8.81 Å². The van der Waals surface area contributed by atoms with Crippen LogP contribution in [0.25, 0.3) is 11.0 Å². The highest BCUT2D eigenvalue weighted by molar-refractivity contribution is 5.78. The van der Waals surface area contributed by atoms with Gasteiger partial charge >= 0.3 is 0 Å². The quantitative estimate of drug-likeness (QED) is 0.645. The second kappa shape index (κ2) is 4.37. The van der Waals surface area contributed by atoms with Crippen LogP contribution in [0.5, 0.6) is 0 Å². The van der Waals surface area contributed by atoms with E-state index in [9.17, 15) is 4.39 Å². The van der Waals surface area contributed by atoms with Gasteiger partial charge in [-0.2, -0.15) is 0 Å². The van der Waals surface area contributed by atoms with Crippen LogP contribution < -0.4 is 11.3 Å². The molecule has 0 bridgehead atoms. The van der Waals surface area contributed by atoms with Gasteiger partial charge in [-0.25, -0.2) is 9.82 Å². The number of hydrazine groups is 1. The summed E-state index contributed by atoms with van der Waals surface area (Å²) in [6.45, 7) is 2.18. The molecule has 1 fully saturated rings. The van der Waals surface area contributed by atoms with E-state index >= 15 is 0 Å². The molecule has 0 amide bonds. The number of nitrogens with one attached hydrogen (secondary N) is 1. The maximum atomic E-state index is 13.1. The van der Waals surface area contributed by atoms with Crippen molar-refractivity contribution in [3.63, 3.8) is 0 Å². The summed E-state index contributed by atoms with van der Waals surface area (Å²) in [6.07, 6.45) is 2.52. The normalized spacial score (nSPS) is 19.1. The van der Waals surface area contributed by atoms with Gasteiger partial charge in [-0.15, -0.1) is 0 Å². The number of benzene rings is 1. The lowest BCUT2D eigenvalue weighted by Crippen LogP contribution is -2.33. The molecule has 1 aliphatic carbocycles. The lowest BCUT2D eigenvalue weighted by Gasteiger charge is -2.20. The maximum absolute atomic E-state index is 13.1. The molecule has 2 unspecified atom stereocenters. The first-order valence-electron chi connectivity index (χ1n) is 6.34. The summed E-state index contributed by atoms with van der Waals surface area (Å²) in [5.74, 6) is 7.33. The number of hydrogen-bond acceptors (Lipinski definition) is 3. The first kappa shape index (κ1) is 11.7. The van der Waals surface area contributed by atoms with Gasteiger partial charge in [-0.05, 0) is 48.9 Å². The molecule has 0 saturated heterocycles. The molecule has 4 heteroatoms. The Morgan fingerprint density at radius 1 is 1.39 bits per heavy atom. The Labute approximate surface area is 105 Å². The first-order chi connectivity index (χ1) is 8.69. The van der Waals surface area contributed by atoms with E-state index in [4.69, 9.17) is 10.3 Å². The van der Waals surface area contributed by atoms with Gasteiger partial charge in [-0.1, -0.05) is 6.92 Å². The number of furan rings is 1. The molecule has 2 aromatic rings. The second-order valence-corrected chi connectivity index (χ2v) is 5.17. The summed E-state index contributed by atoms with van der Waals surface area (Å²) >= 11 is 0. The highest BCUT2D eigenvalue weighted by Crippen LogP contribution is 2.43. The van der Waals surface area contributed by atoms with Crippen LogP contribution in [0.3, 0.4) is 0 Å². The van der Waals surface area contributed by atoms with Gasteiger partial charge in [0.1, 0.15) is 17.2 Å². The molecule has 0 aliphatic heterocycles. The minimum Gasteiger partial charge on any atom is -0.459 e. The third kappa shape index (κ3) is 2.02. The molecule has 18 heavy (non-hydrogen) atoms. The molecule has 3 nitrogen and oxygen atoms in total. The van der Waals surface area contributed by atoms with E-state index < -0.39 is 0 Å². The van der Waals surface area contributed by atoms with E-state index in [-0.39, 0.29) is 11.9 Å². The van der Waals surface area contributed by atoms with Crippen LogP contribution in [0, 0.1) is 17.7 Å². The molecular formula is C14H17FN2O. The van der Waals surface area contributed by atoms with Crippen molar-refractivity contribution in [2.24, 2.45) is 17.7 Å². The molecule has 1 aromatic carbocycles. The number of halogens is 1. The monoisotopic (exact) mass is 248 g/mol. The zero-order valence-corrected chi connectivity index (χ0v) is 10.3. The largest absolute Gasteiger partial charge is 0.459 e. The molecule has 3 N–H and O–H groups in total. The smallest absolute Gasteiger partial charge is 0.134 e. The van der Waals surface area contributed by atoms with E-state index in [0.717, 1.165) is 17.1 Å². The Bertz CT molecular complexity index is 562. The molecule has 1 heterocycles. The van der Waals surface area contributed by atoms with Crippen LogP contribution >= 0.6 is 0 Å². The van der Waals surface area contributed by atoms with Crippen molar-refractivity contribution in [3.05, 3.63) is 35.8 Å². The second-order valence-electron chi connectivity index (χ2n) is 5.17. The van der Waals surface area contributed by atoms with E-state index in [0.29, 0.717) is 11.5 Å². The lowest BCUT2D eigenvalue weighted by molar-refractivity contribution is 0.309. The topological polar surface area (TPSA) is 51.2 Å². The Kier molecular flexibility index (Phi) is 2.84. The van der Waals surface area contributed by atoms with Crippen molar-refractivity contribution in [2.75, 3.05) is 0 Å². The summed E-state index contributed by atoms with van der Waals surface area (Å²) in [6, 6.07) is 6.42. The average molecular weight is 248 g/mol. The molecule has 1 aromatic heterocycles. The van der Waals surface area contributed by atoms with Gasteiger partial charge in [-0.3, -0.25) is 5.84 Å². The van der Waals surface area contributed by atoms with Crippen LogP contribution in [0.1, 0.15) is 31.6 Å². The minimum atomic E-state index is -0.248.